The van der Waals surface area contributed by atoms with E-state index in [1.165, 1.54) is 19.3 Å². The summed E-state index contributed by atoms with van der Waals surface area (Å²) in [7, 11) is 0. The van der Waals surface area contributed by atoms with Crippen LogP contribution in [0.2, 0.25) is 0 Å². The summed E-state index contributed by atoms with van der Waals surface area (Å²) in [6.45, 7) is 7.00. The lowest BCUT2D eigenvalue weighted by Crippen LogP contribution is -2.47. The third-order valence-corrected chi connectivity index (χ3v) is 4.32. The molecule has 1 fully saturated rings. The molecule has 0 bridgehead atoms. The molecule has 84 valence electrons. The lowest BCUT2D eigenvalue weighted by Gasteiger charge is -2.47. The zero-order valence-corrected chi connectivity index (χ0v) is 9.79. The predicted octanol–water partition coefficient (Wildman–Crippen LogP) is 2.16. The molecule has 0 aliphatic heterocycles. The van der Waals surface area contributed by atoms with Gasteiger partial charge in [0.25, 0.3) is 0 Å². The Labute approximate surface area is 87.9 Å². The molecule has 1 aliphatic carbocycles. The third kappa shape index (κ3) is 2.12. The van der Waals surface area contributed by atoms with E-state index in [9.17, 15) is 0 Å². The van der Waals surface area contributed by atoms with Crippen LogP contribution in [0, 0.1) is 17.3 Å². The Morgan fingerprint density at radius 2 is 2.14 bits per heavy atom. The van der Waals surface area contributed by atoms with E-state index < -0.39 is 0 Å². The Bertz CT molecular complexity index is 181. The van der Waals surface area contributed by atoms with E-state index in [-0.39, 0.29) is 18.1 Å². The van der Waals surface area contributed by atoms with Gasteiger partial charge >= 0.3 is 0 Å². The summed E-state index contributed by atoms with van der Waals surface area (Å²) in [4.78, 5) is 0. The monoisotopic (exact) mass is 199 g/mol. The van der Waals surface area contributed by atoms with Crippen LogP contribution in [0.1, 0.15) is 46.5 Å². The second-order valence-corrected chi connectivity index (χ2v) is 5.28. The van der Waals surface area contributed by atoms with Crippen molar-refractivity contribution in [1.29, 1.82) is 0 Å². The van der Waals surface area contributed by atoms with Crippen LogP contribution in [0.5, 0.6) is 0 Å². The van der Waals surface area contributed by atoms with Gasteiger partial charge in [0.15, 0.2) is 0 Å². The number of aliphatic hydroxyl groups excluding tert-OH is 1. The molecule has 14 heavy (non-hydrogen) atoms. The molecule has 1 rings (SSSR count). The quantitative estimate of drug-likeness (QED) is 0.731. The van der Waals surface area contributed by atoms with Crippen LogP contribution >= 0.6 is 0 Å². The van der Waals surface area contributed by atoms with Crippen LogP contribution in [0.3, 0.4) is 0 Å². The molecular weight excluding hydrogens is 174 g/mol. The maximum atomic E-state index is 9.16. The van der Waals surface area contributed by atoms with Gasteiger partial charge < -0.3 is 10.8 Å². The molecule has 0 radical (unpaired) electrons. The van der Waals surface area contributed by atoms with Crippen molar-refractivity contribution < 1.29 is 5.11 Å². The first kappa shape index (κ1) is 12.0. The first-order valence-electron chi connectivity index (χ1n) is 5.89. The van der Waals surface area contributed by atoms with Gasteiger partial charge in [-0.2, -0.15) is 0 Å². The van der Waals surface area contributed by atoms with E-state index in [1.807, 2.05) is 0 Å². The van der Waals surface area contributed by atoms with Crippen LogP contribution < -0.4 is 5.73 Å². The van der Waals surface area contributed by atoms with Crippen molar-refractivity contribution in [2.24, 2.45) is 23.0 Å². The van der Waals surface area contributed by atoms with E-state index in [4.69, 9.17) is 10.8 Å². The second-order valence-electron chi connectivity index (χ2n) is 5.28. The SMILES string of the molecule is CC1CCC(CCO)(C(C)N)C(C)C1. The molecular formula is C12H25NO. The summed E-state index contributed by atoms with van der Waals surface area (Å²) in [5, 5.41) is 9.16. The predicted molar refractivity (Wildman–Crippen MR) is 60.0 cm³/mol. The number of aliphatic hydroxyl groups is 1. The van der Waals surface area contributed by atoms with E-state index in [2.05, 4.69) is 20.8 Å². The number of nitrogens with two attached hydrogens (primary N) is 1. The van der Waals surface area contributed by atoms with Gasteiger partial charge in [-0.3, -0.25) is 0 Å². The topological polar surface area (TPSA) is 46.2 Å². The maximum Gasteiger partial charge on any atom is 0.0437 e. The van der Waals surface area contributed by atoms with Crippen molar-refractivity contribution >= 4 is 0 Å². The maximum absolute atomic E-state index is 9.16. The van der Waals surface area contributed by atoms with Crippen LogP contribution in [-0.4, -0.2) is 17.8 Å². The van der Waals surface area contributed by atoms with Crippen LogP contribution in [0.15, 0.2) is 0 Å². The van der Waals surface area contributed by atoms with E-state index in [0.717, 1.165) is 12.3 Å². The molecule has 4 atom stereocenters. The fourth-order valence-corrected chi connectivity index (χ4v) is 3.20. The van der Waals surface area contributed by atoms with Crippen molar-refractivity contribution in [3.8, 4) is 0 Å². The number of hydrogen-bond acceptors (Lipinski definition) is 2. The summed E-state index contributed by atoms with van der Waals surface area (Å²) in [5.41, 5.74) is 6.31. The Balaban J connectivity index is 2.75. The van der Waals surface area contributed by atoms with Crippen molar-refractivity contribution in [3.05, 3.63) is 0 Å². The average Bonchev–Trinajstić information content (AvgIpc) is 2.10. The average molecular weight is 199 g/mol. The minimum absolute atomic E-state index is 0.196. The third-order valence-electron chi connectivity index (χ3n) is 4.32. The Hall–Kier alpha value is -0.0800. The molecule has 1 saturated carbocycles. The highest BCUT2D eigenvalue weighted by Crippen LogP contribution is 2.47. The molecule has 0 aromatic rings. The molecule has 0 heterocycles. The zero-order valence-electron chi connectivity index (χ0n) is 9.79. The van der Waals surface area contributed by atoms with Crippen molar-refractivity contribution in [1.82, 2.24) is 0 Å². The summed E-state index contributed by atoms with van der Waals surface area (Å²) in [5.74, 6) is 1.48. The van der Waals surface area contributed by atoms with Crippen molar-refractivity contribution in [2.45, 2.75) is 52.5 Å². The Kier molecular flexibility index (Phi) is 3.96. The highest BCUT2D eigenvalue weighted by Gasteiger charge is 2.42. The van der Waals surface area contributed by atoms with Crippen LogP contribution in [0.4, 0.5) is 0 Å². The first-order chi connectivity index (χ1) is 6.53. The normalized spacial score (nSPS) is 40.9. The minimum atomic E-state index is 0.196. The van der Waals surface area contributed by atoms with E-state index >= 15 is 0 Å². The van der Waals surface area contributed by atoms with Gasteiger partial charge in [0.1, 0.15) is 0 Å². The molecule has 0 aromatic heterocycles. The lowest BCUT2D eigenvalue weighted by atomic mass is 9.59. The minimum Gasteiger partial charge on any atom is -0.396 e. The Morgan fingerprint density at radius 3 is 2.57 bits per heavy atom. The molecule has 1 aliphatic rings. The fourth-order valence-electron chi connectivity index (χ4n) is 3.20. The largest absolute Gasteiger partial charge is 0.396 e. The molecule has 0 saturated heterocycles. The van der Waals surface area contributed by atoms with Gasteiger partial charge in [0, 0.05) is 12.6 Å². The summed E-state index contributed by atoms with van der Waals surface area (Å²) in [6.07, 6.45) is 4.60. The van der Waals surface area contributed by atoms with Gasteiger partial charge in [0.05, 0.1) is 0 Å². The van der Waals surface area contributed by atoms with E-state index in [1.54, 1.807) is 0 Å². The van der Waals surface area contributed by atoms with Gasteiger partial charge in [-0.1, -0.05) is 20.3 Å². The molecule has 4 unspecified atom stereocenters. The lowest BCUT2D eigenvalue weighted by molar-refractivity contribution is 0.0293. The molecule has 2 heteroatoms. The Morgan fingerprint density at radius 1 is 1.50 bits per heavy atom. The summed E-state index contributed by atoms with van der Waals surface area (Å²) in [6, 6.07) is 0.206. The molecule has 0 aromatic carbocycles. The number of rotatable bonds is 3. The standard InChI is InChI=1S/C12H25NO/c1-9-4-5-12(6-7-14,11(3)13)10(2)8-9/h9-11,14H,4-8,13H2,1-3H3. The van der Waals surface area contributed by atoms with Gasteiger partial charge in [0.2, 0.25) is 0 Å². The van der Waals surface area contributed by atoms with Gasteiger partial charge in [-0.15, -0.1) is 0 Å². The zero-order chi connectivity index (χ0) is 10.8. The van der Waals surface area contributed by atoms with Crippen LogP contribution in [-0.2, 0) is 0 Å². The smallest absolute Gasteiger partial charge is 0.0437 e. The molecule has 2 nitrogen and oxygen atoms in total. The molecule has 0 amide bonds. The number of hydrogen-bond donors (Lipinski definition) is 2. The summed E-state index contributed by atoms with van der Waals surface area (Å²) < 4.78 is 0. The van der Waals surface area contributed by atoms with Crippen molar-refractivity contribution in [3.63, 3.8) is 0 Å². The van der Waals surface area contributed by atoms with Gasteiger partial charge in [-0.05, 0) is 43.4 Å². The molecule has 3 N–H and O–H groups in total. The van der Waals surface area contributed by atoms with Gasteiger partial charge in [-0.25, -0.2) is 0 Å². The first-order valence-corrected chi connectivity index (χ1v) is 5.89. The summed E-state index contributed by atoms with van der Waals surface area (Å²) >= 11 is 0. The van der Waals surface area contributed by atoms with E-state index in [0.29, 0.717) is 5.92 Å². The fraction of sp³-hybridized carbons (Fsp3) is 1.00. The highest BCUT2D eigenvalue weighted by molar-refractivity contribution is 4.94. The highest BCUT2D eigenvalue weighted by atomic mass is 16.3. The molecule has 0 spiro atoms. The van der Waals surface area contributed by atoms with Crippen LogP contribution in [0.25, 0.3) is 0 Å². The second kappa shape index (κ2) is 4.63. The van der Waals surface area contributed by atoms with Crippen molar-refractivity contribution in [2.75, 3.05) is 6.61 Å².